The first-order chi connectivity index (χ1) is 9.08. The maximum atomic E-state index is 13.0. The lowest BCUT2D eigenvalue weighted by molar-refractivity contribution is -0.119. The van der Waals surface area contributed by atoms with Crippen molar-refractivity contribution in [3.05, 3.63) is 69.9 Å². The molecule has 19 heavy (non-hydrogen) atoms. The lowest BCUT2D eigenvalue weighted by atomic mass is 9.98. The Morgan fingerprint density at radius 2 is 1.89 bits per heavy atom. The molecule has 0 amide bonds. The van der Waals surface area contributed by atoms with Crippen molar-refractivity contribution in [1.29, 1.82) is 0 Å². The van der Waals surface area contributed by atoms with E-state index in [1.807, 2.05) is 30.3 Å². The van der Waals surface area contributed by atoms with Gasteiger partial charge in [-0.25, -0.2) is 4.39 Å². The SMILES string of the molecule is N[C@@H](C(=O)Cc1ccc(F)cc1Br)c1ccccc1. The molecule has 0 fully saturated rings. The number of hydrogen-bond acceptors (Lipinski definition) is 2. The molecule has 2 nitrogen and oxygen atoms in total. The van der Waals surface area contributed by atoms with Crippen LogP contribution in [-0.2, 0) is 11.2 Å². The highest BCUT2D eigenvalue weighted by atomic mass is 79.9. The van der Waals surface area contributed by atoms with Crippen molar-refractivity contribution >= 4 is 21.7 Å². The zero-order valence-corrected chi connectivity index (χ0v) is 11.7. The standard InChI is InChI=1S/C15H13BrFNO/c16-13-9-12(17)7-6-11(13)8-14(19)15(18)10-4-2-1-3-5-10/h1-7,9,15H,8,18H2/t15-/m1/s1. The Kier molecular flexibility index (Phi) is 4.45. The van der Waals surface area contributed by atoms with Crippen LogP contribution in [0, 0.1) is 5.82 Å². The minimum Gasteiger partial charge on any atom is -0.318 e. The van der Waals surface area contributed by atoms with Gasteiger partial charge in [-0.3, -0.25) is 4.79 Å². The predicted octanol–water partition coefficient (Wildman–Crippen LogP) is 3.40. The lowest BCUT2D eigenvalue weighted by Crippen LogP contribution is -2.23. The average molecular weight is 322 g/mol. The van der Waals surface area contributed by atoms with E-state index in [9.17, 15) is 9.18 Å². The predicted molar refractivity (Wildman–Crippen MR) is 76.2 cm³/mol. The molecule has 0 spiro atoms. The zero-order chi connectivity index (χ0) is 13.8. The summed E-state index contributed by atoms with van der Waals surface area (Å²) < 4.78 is 13.6. The van der Waals surface area contributed by atoms with Gasteiger partial charge in [-0.05, 0) is 23.3 Å². The van der Waals surface area contributed by atoms with Crippen LogP contribution >= 0.6 is 15.9 Å². The molecule has 0 saturated heterocycles. The van der Waals surface area contributed by atoms with Crippen molar-refractivity contribution in [2.75, 3.05) is 0 Å². The fourth-order valence-corrected chi connectivity index (χ4v) is 2.30. The third-order valence-corrected chi connectivity index (χ3v) is 3.62. The number of hydrogen-bond donors (Lipinski definition) is 1. The highest BCUT2D eigenvalue weighted by Gasteiger charge is 2.17. The molecule has 2 aromatic rings. The molecule has 4 heteroatoms. The summed E-state index contributed by atoms with van der Waals surface area (Å²) in [5, 5.41) is 0. The number of nitrogens with two attached hydrogens (primary N) is 1. The van der Waals surface area contributed by atoms with Crippen molar-refractivity contribution in [1.82, 2.24) is 0 Å². The molecule has 0 aliphatic heterocycles. The monoisotopic (exact) mass is 321 g/mol. The van der Waals surface area contributed by atoms with E-state index in [0.29, 0.717) is 4.47 Å². The summed E-state index contributed by atoms with van der Waals surface area (Å²) in [4.78, 5) is 12.1. The number of ketones is 1. The molecular formula is C15H13BrFNO. The number of carbonyl (C=O) groups is 1. The molecule has 0 aromatic heterocycles. The lowest BCUT2D eigenvalue weighted by Gasteiger charge is -2.11. The largest absolute Gasteiger partial charge is 0.318 e. The van der Waals surface area contributed by atoms with Crippen LogP contribution in [0.4, 0.5) is 4.39 Å². The average Bonchev–Trinajstić information content (AvgIpc) is 2.42. The minimum atomic E-state index is -0.654. The first kappa shape index (κ1) is 13.9. The molecule has 2 rings (SSSR count). The van der Waals surface area contributed by atoms with Crippen LogP contribution in [0.5, 0.6) is 0 Å². The third kappa shape index (κ3) is 3.49. The van der Waals surface area contributed by atoms with E-state index < -0.39 is 6.04 Å². The second kappa shape index (κ2) is 6.08. The van der Waals surface area contributed by atoms with Crippen LogP contribution in [0.15, 0.2) is 53.0 Å². The fourth-order valence-electron chi connectivity index (χ4n) is 1.81. The Morgan fingerprint density at radius 3 is 2.53 bits per heavy atom. The maximum Gasteiger partial charge on any atom is 0.158 e. The van der Waals surface area contributed by atoms with Gasteiger partial charge in [0.15, 0.2) is 5.78 Å². The molecule has 0 unspecified atom stereocenters. The Balaban J connectivity index is 2.13. The highest BCUT2D eigenvalue weighted by Crippen LogP contribution is 2.21. The highest BCUT2D eigenvalue weighted by molar-refractivity contribution is 9.10. The van der Waals surface area contributed by atoms with Crippen LogP contribution in [0.1, 0.15) is 17.2 Å². The Bertz CT molecular complexity index is 586. The smallest absolute Gasteiger partial charge is 0.158 e. The summed E-state index contributed by atoms with van der Waals surface area (Å²) in [6.45, 7) is 0. The van der Waals surface area contributed by atoms with Gasteiger partial charge in [-0.1, -0.05) is 52.3 Å². The summed E-state index contributed by atoms with van der Waals surface area (Å²) in [6.07, 6.45) is 0.178. The summed E-state index contributed by atoms with van der Waals surface area (Å²) >= 11 is 3.25. The number of Topliss-reactive ketones (excluding diaryl/α,β-unsaturated/α-hetero) is 1. The summed E-state index contributed by atoms with van der Waals surface area (Å²) in [5.74, 6) is -0.436. The van der Waals surface area contributed by atoms with Crippen LogP contribution < -0.4 is 5.73 Å². The normalized spacial score (nSPS) is 12.2. The van der Waals surface area contributed by atoms with Gasteiger partial charge < -0.3 is 5.73 Å². The van der Waals surface area contributed by atoms with Gasteiger partial charge >= 0.3 is 0 Å². The first-order valence-electron chi connectivity index (χ1n) is 5.85. The van der Waals surface area contributed by atoms with E-state index in [-0.39, 0.29) is 18.0 Å². The van der Waals surface area contributed by atoms with Crippen molar-refractivity contribution in [2.24, 2.45) is 5.73 Å². The molecule has 0 saturated carbocycles. The number of benzene rings is 2. The summed E-state index contributed by atoms with van der Waals surface area (Å²) in [6, 6.07) is 12.8. The van der Waals surface area contributed by atoms with Crippen LogP contribution in [0.3, 0.4) is 0 Å². The van der Waals surface area contributed by atoms with Gasteiger partial charge in [-0.2, -0.15) is 0 Å². The number of carbonyl (C=O) groups excluding carboxylic acids is 1. The van der Waals surface area contributed by atoms with E-state index in [1.165, 1.54) is 12.1 Å². The van der Waals surface area contributed by atoms with E-state index in [0.717, 1.165) is 11.1 Å². The summed E-state index contributed by atoms with van der Waals surface area (Å²) in [7, 11) is 0. The van der Waals surface area contributed by atoms with Gasteiger partial charge in [0.1, 0.15) is 5.82 Å². The second-order valence-electron chi connectivity index (χ2n) is 4.27. The van der Waals surface area contributed by atoms with Gasteiger partial charge in [0.05, 0.1) is 6.04 Å². The molecule has 1 atom stereocenters. The summed E-state index contributed by atoms with van der Waals surface area (Å²) in [5.41, 5.74) is 7.44. The Morgan fingerprint density at radius 1 is 1.21 bits per heavy atom. The molecule has 0 radical (unpaired) electrons. The quantitative estimate of drug-likeness (QED) is 0.937. The van der Waals surface area contributed by atoms with E-state index in [2.05, 4.69) is 15.9 Å². The van der Waals surface area contributed by atoms with Crippen LogP contribution in [-0.4, -0.2) is 5.78 Å². The molecule has 0 bridgehead atoms. The maximum absolute atomic E-state index is 13.0. The third-order valence-electron chi connectivity index (χ3n) is 2.89. The van der Waals surface area contributed by atoms with Crippen molar-refractivity contribution in [2.45, 2.75) is 12.5 Å². The zero-order valence-electron chi connectivity index (χ0n) is 10.1. The van der Waals surface area contributed by atoms with E-state index in [1.54, 1.807) is 6.07 Å². The molecule has 98 valence electrons. The number of halogens is 2. The molecule has 0 aliphatic rings. The van der Waals surface area contributed by atoms with Gasteiger partial charge in [0.25, 0.3) is 0 Å². The molecular weight excluding hydrogens is 309 g/mol. The van der Waals surface area contributed by atoms with Crippen molar-refractivity contribution < 1.29 is 9.18 Å². The van der Waals surface area contributed by atoms with Crippen molar-refractivity contribution in [3.63, 3.8) is 0 Å². The van der Waals surface area contributed by atoms with E-state index in [4.69, 9.17) is 5.73 Å². The second-order valence-corrected chi connectivity index (χ2v) is 5.12. The van der Waals surface area contributed by atoms with Gasteiger partial charge in [0, 0.05) is 10.9 Å². The van der Waals surface area contributed by atoms with Crippen LogP contribution in [0.2, 0.25) is 0 Å². The van der Waals surface area contributed by atoms with Gasteiger partial charge in [0.2, 0.25) is 0 Å². The van der Waals surface area contributed by atoms with Crippen LogP contribution in [0.25, 0.3) is 0 Å². The minimum absolute atomic E-state index is 0.0986. The van der Waals surface area contributed by atoms with E-state index >= 15 is 0 Å². The Hall–Kier alpha value is -1.52. The Labute approximate surface area is 119 Å². The topological polar surface area (TPSA) is 43.1 Å². The number of rotatable bonds is 4. The van der Waals surface area contributed by atoms with Gasteiger partial charge in [-0.15, -0.1) is 0 Å². The first-order valence-corrected chi connectivity index (χ1v) is 6.64. The molecule has 0 aliphatic carbocycles. The fraction of sp³-hybridized carbons (Fsp3) is 0.133. The molecule has 2 N–H and O–H groups in total. The molecule has 2 aromatic carbocycles. The molecule has 0 heterocycles. The van der Waals surface area contributed by atoms with Crippen molar-refractivity contribution in [3.8, 4) is 0 Å².